The topological polar surface area (TPSA) is 97.1 Å². The molecule has 0 saturated heterocycles. The van der Waals surface area contributed by atoms with Crippen molar-refractivity contribution in [2.45, 2.75) is 26.8 Å². The van der Waals surface area contributed by atoms with Crippen LogP contribution in [0.3, 0.4) is 0 Å². The Bertz CT molecular complexity index is 661. The number of hydrogen-bond donors (Lipinski definition) is 2. The van der Waals surface area contributed by atoms with Crippen LogP contribution in [-0.2, 0) is 22.6 Å². The molecule has 0 saturated carbocycles. The fourth-order valence-electron chi connectivity index (χ4n) is 1.93. The van der Waals surface area contributed by atoms with Gasteiger partial charge in [0, 0.05) is 5.69 Å². The molecule has 0 atom stereocenters. The molecule has 1 amide bonds. The van der Waals surface area contributed by atoms with Crippen LogP contribution in [-0.4, -0.2) is 31.7 Å². The lowest BCUT2D eigenvalue weighted by Gasteiger charge is -2.07. The van der Waals surface area contributed by atoms with E-state index in [1.165, 1.54) is 6.20 Å². The fourth-order valence-corrected chi connectivity index (χ4v) is 1.93. The number of pyridine rings is 1. The molecule has 0 spiro atoms. The second-order valence-electron chi connectivity index (χ2n) is 4.74. The van der Waals surface area contributed by atoms with E-state index < -0.39 is 5.97 Å². The van der Waals surface area contributed by atoms with E-state index in [1.807, 2.05) is 19.9 Å². The summed E-state index contributed by atoms with van der Waals surface area (Å²) in [6.45, 7) is 3.87. The number of carbonyl (C=O) groups is 2. The van der Waals surface area contributed by atoms with Gasteiger partial charge in [0.05, 0.1) is 29.7 Å². The lowest BCUT2D eigenvalue weighted by atomic mass is 10.2. The molecule has 2 rings (SSSR count). The second kappa shape index (κ2) is 6.17. The van der Waals surface area contributed by atoms with Crippen LogP contribution in [0.25, 0.3) is 0 Å². The maximum Gasteiger partial charge on any atom is 0.309 e. The van der Waals surface area contributed by atoms with Crippen LogP contribution in [0.1, 0.15) is 17.1 Å². The molecule has 0 bridgehead atoms. The standard InChI is InChI=1S/C14H16N4O3/c1-9-5-10(2)18(17-9)8-13(19)16-12-4-3-11(15-7-12)6-14(20)21/h3-5,7H,6,8H2,1-2H3,(H,16,19)(H,20,21). The predicted octanol–water partition coefficient (Wildman–Crippen LogP) is 1.16. The molecule has 110 valence electrons. The van der Waals surface area contributed by atoms with E-state index in [0.717, 1.165) is 11.4 Å². The van der Waals surface area contributed by atoms with Crippen molar-refractivity contribution >= 4 is 17.6 Å². The summed E-state index contributed by atoms with van der Waals surface area (Å²) in [5.74, 6) is -1.15. The molecule has 0 fully saturated rings. The minimum atomic E-state index is -0.941. The van der Waals surface area contributed by atoms with Crippen LogP contribution in [0.5, 0.6) is 0 Å². The summed E-state index contributed by atoms with van der Waals surface area (Å²) in [6, 6.07) is 5.10. The van der Waals surface area contributed by atoms with Crippen molar-refractivity contribution in [3.8, 4) is 0 Å². The van der Waals surface area contributed by atoms with Crippen LogP contribution >= 0.6 is 0 Å². The molecule has 0 aromatic carbocycles. The van der Waals surface area contributed by atoms with Gasteiger partial charge in [-0.15, -0.1) is 0 Å². The number of anilines is 1. The van der Waals surface area contributed by atoms with Gasteiger partial charge in [-0.2, -0.15) is 5.10 Å². The van der Waals surface area contributed by atoms with Crippen molar-refractivity contribution in [2.24, 2.45) is 0 Å². The molecule has 0 radical (unpaired) electrons. The number of nitrogens with one attached hydrogen (secondary N) is 1. The Balaban J connectivity index is 1.96. The molecule has 2 N–H and O–H groups in total. The third-order valence-corrected chi connectivity index (χ3v) is 2.84. The average molecular weight is 288 g/mol. The van der Waals surface area contributed by atoms with Crippen molar-refractivity contribution in [3.63, 3.8) is 0 Å². The predicted molar refractivity (Wildman–Crippen MR) is 75.9 cm³/mol. The maximum atomic E-state index is 11.9. The highest BCUT2D eigenvalue weighted by Gasteiger charge is 2.08. The number of hydrogen-bond acceptors (Lipinski definition) is 4. The molecule has 2 aromatic heterocycles. The van der Waals surface area contributed by atoms with E-state index in [1.54, 1.807) is 16.8 Å². The minimum absolute atomic E-state index is 0.122. The molecular weight excluding hydrogens is 272 g/mol. The summed E-state index contributed by atoms with van der Waals surface area (Å²) < 4.78 is 1.62. The van der Waals surface area contributed by atoms with Gasteiger partial charge in [-0.25, -0.2) is 0 Å². The zero-order valence-electron chi connectivity index (χ0n) is 11.8. The SMILES string of the molecule is Cc1cc(C)n(CC(=O)Nc2ccc(CC(=O)O)nc2)n1. The van der Waals surface area contributed by atoms with Crippen molar-refractivity contribution in [3.05, 3.63) is 41.5 Å². The highest BCUT2D eigenvalue weighted by Crippen LogP contribution is 2.08. The first-order chi connectivity index (χ1) is 9.94. The maximum absolute atomic E-state index is 11.9. The van der Waals surface area contributed by atoms with Gasteiger partial charge < -0.3 is 10.4 Å². The van der Waals surface area contributed by atoms with Gasteiger partial charge in [-0.05, 0) is 32.0 Å². The Morgan fingerprint density at radius 1 is 1.33 bits per heavy atom. The van der Waals surface area contributed by atoms with E-state index in [0.29, 0.717) is 11.4 Å². The molecule has 7 nitrogen and oxygen atoms in total. The Morgan fingerprint density at radius 2 is 2.10 bits per heavy atom. The van der Waals surface area contributed by atoms with Crippen molar-refractivity contribution in [1.82, 2.24) is 14.8 Å². The molecule has 0 aliphatic heterocycles. The number of aliphatic carboxylic acids is 1. The Hall–Kier alpha value is -2.70. The molecule has 0 aliphatic carbocycles. The van der Waals surface area contributed by atoms with Crippen molar-refractivity contribution in [2.75, 3.05) is 5.32 Å². The van der Waals surface area contributed by atoms with Gasteiger partial charge in [0.15, 0.2) is 0 Å². The third kappa shape index (κ3) is 4.13. The van der Waals surface area contributed by atoms with Gasteiger partial charge >= 0.3 is 5.97 Å². The largest absolute Gasteiger partial charge is 0.481 e. The van der Waals surface area contributed by atoms with Crippen LogP contribution in [0.4, 0.5) is 5.69 Å². The highest BCUT2D eigenvalue weighted by molar-refractivity contribution is 5.90. The summed E-state index contributed by atoms with van der Waals surface area (Å²) in [5.41, 5.74) is 2.74. The van der Waals surface area contributed by atoms with E-state index in [2.05, 4.69) is 15.4 Å². The summed E-state index contributed by atoms with van der Waals surface area (Å²) in [7, 11) is 0. The molecule has 21 heavy (non-hydrogen) atoms. The van der Waals surface area contributed by atoms with Gasteiger partial charge in [0.25, 0.3) is 0 Å². The van der Waals surface area contributed by atoms with Crippen LogP contribution < -0.4 is 5.32 Å². The van der Waals surface area contributed by atoms with Crippen molar-refractivity contribution in [1.29, 1.82) is 0 Å². The monoisotopic (exact) mass is 288 g/mol. The molecule has 2 aromatic rings. The number of carbonyl (C=O) groups excluding carboxylic acids is 1. The van der Waals surface area contributed by atoms with Crippen LogP contribution in [0.2, 0.25) is 0 Å². The van der Waals surface area contributed by atoms with E-state index >= 15 is 0 Å². The first kappa shape index (κ1) is 14.7. The van der Waals surface area contributed by atoms with Gasteiger partial charge in [0.1, 0.15) is 6.54 Å². The first-order valence-electron chi connectivity index (χ1n) is 6.41. The van der Waals surface area contributed by atoms with Crippen LogP contribution in [0.15, 0.2) is 24.4 Å². The lowest BCUT2D eigenvalue weighted by molar-refractivity contribution is -0.136. The number of aromatic nitrogens is 3. The fraction of sp³-hybridized carbons (Fsp3) is 0.286. The van der Waals surface area contributed by atoms with Gasteiger partial charge in [0.2, 0.25) is 5.91 Å². The summed E-state index contributed by atoms with van der Waals surface area (Å²) in [6.07, 6.45) is 1.30. The Labute approximate surface area is 121 Å². The molecule has 0 aliphatic rings. The summed E-state index contributed by atoms with van der Waals surface area (Å²) in [4.78, 5) is 26.4. The van der Waals surface area contributed by atoms with Crippen LogP contribution in [0, 0.1) is 13.8 Å². The molecule has 7 heteroatoms. The summed E-state index contributed by atoms with van der Waals surface area (Å²) in [5, 5.41) is 15.6. The quantitative estimate of drug-likeness (QED) is 0.860. The third-order valence-electron chi connectivity index (χ3n) is 2.84. The molecule has 0 unspecified atom stereocenters. The number of rotatable bonds is 5. The lowest BCUT2D eigenvalue weighted by Crippen LogP contribution is -2.20. The molecule has 2 heterocycles. The van der Waals surface area contributed by atoms with Gasteiger partial charge in [-0.1, -0.05) is 0 Å². The zero-order chi connectivity index (χ0) is 15.4. The number of amides is 1. The minimum Gasteiger partial charge on any atom is -0.481 e. The van der Waals surface area contributed by atoms with E-state index in [4.69, 9.17) is 5.11 Å². The smallest absolute Gasteiger partial charge is 0.309 e. The second-order valence-corrected chi connectivity index (χ2v) is 4.74. The first-order valence-corrected chi connectivity index (χ1v) is 6.41. The van der Waals surface area contributed by atoms with E-state index in [9.17, 15) is 9.59 Å². The number of nitrogens with zero attached hydrogens (tertiary/aromatic N) is 3. The number of aryl methyl sites for hydroxylation is 2. The number of carboxylic acid groups (broad SMARTS) is 1. The highest BCUT2D eigenvalue weighted by atomic mass is 16.4. The summed E-state index contributed by atoms with van der Waals surface area (Å²) >= 11 is 0. The van der Waals surface area contributed by atoms with E-state index in [-0.39, 0.29) is 18.9 Å². The Kier molecular flexibility index (Phi) is 4.32. The number of carboxylic acids is 1. The molecular formula is C14H16N4O3. The van der Waals surface area contributed by atoms with Crippen molar-refractivity contribution < 1.29 is 14.7 Å². The normalized spacial score (nSPS) is 10.4. The average Bonchev–Trinajstić information content (AvgIpc) is 2.69. The van der Waals surface area contributed by atoms with Gasteiger partial charge in [-0.3, -0.25) is 19.3 Å². The zero-order valence-corrected chi connectivity index (χ0v) is 11.8. The Morgan fingerprint density at radius 3 is 2.62 bits per heavy atom.